The Morgan fingerprint density at radius 1 is 1.40 bits per heavy atom. The van der Waals surface area contributed by atoms with Gasteiger partial charge in [-0.3, -0.25) is 14.9 Å². The Labute approximate surface area is 119 Å². The van der Waals surface area contributed by atoms with Crippen molar-refractivity contribution in [3.63, 3.8) is 0 Å². The summed E-state index contributed by atoms with van der Waals surface area (Å²) in [5, 5.41) is 21.7. The van der Waals surface area contributed by atoms with Gasteiger partial charge in [0.2, 0.25) is 5.91 Å². The van der Waals surface area contributed by atoms with Gasteiger partial charge in [-0.15, -0.1) is 0 Å². The van der Waals surface area contributed by atoms with E-state index in [0.717, 1.165) is 5.56 Å². The van der Waals surface area contributed by atoms with Crippen molar-refractivity contribution in [1.29, 1.82) is 0 Å². The van der Waals surface area contributed by atoms with Crippen LogP contribution in [0.15, 0.2) is 24.3 Å². The van der Waals surface area contributed by atoms with Crippen LogP contribution in [-0.4, -0.2) is 33.7 Å². The van der Waals surface area contributed by atoms with Gasteiger partial charge in [-0.05, 0) is 5.56 Å². The van der Waals surface area contributed by atoms with Crippen molar-refractivity contribution in [1.82, 2.24) is 5.32 Å². The van der Waals surface area contributed by atoms with E-state index >= 15 is 0 Å². The van der Waals surface area contributed by atoms with E-state index in [4.69, 9.17) is 5.11 Å². The quantitative estimate of drug-likeness (QED) is 0.582. The number of nitrogens with one attached hydrogen (secondary N) is 1. The van der Waals surface area contributed by atoms with Crippen LogP contribution in [0, 0.1) is 10.1 Å². The van der Waals surface area contributed by atoms with Crippen LogP contribution >= 0.6 is 11.8 Å². The number of carboxylic acids is 1. The molecule has 8 heteroatoms. The molecular formula is C12H14N2O5S. The lowest BCUT2D eigenvalue weighted by molar-refractivity contribution is -0.384. The molecule has 0 fully saturated rings. The molecule has 1 atom stereocenters. The van der Waals surface area contributed by atoms with E-state index < -0.39 is 22.8 Å². The number of carbonyl (C=O) groups excluding carboxylic acids is 1. The second-order valence-electron chi connectivity index (χ2n) is 4.03. The smallest absolute Gasteiger partial charge is 0.327 e. The normalized spacial score (nSPS) is 11.7. The first kappa shape index (κ1) is 16.0. The van der Waals surface area contributed by atoms with E-state index in [0.29, 0.717) is 5.75 Å². The Bertz CT molecular complexity index is 503. The van der Waals surface area contributed by atoms with Crippen LogP contribution in [0.1, 0.15) is 12.5 Å². The van der Waals surface area contributed by atoms with Gasteiger partial charge in [0.15, 0.2) is 0 Å². The maximum absolute atomic E-state index is 10.9. The lowest BCUT2D eigenvalue weighted by atomic mass is 10.2. The summed E-state index contributed by atoms with van der Waals surface area (Å²) in [5.74, 6) is -0.738. The van der Waals surface area contributed by atoms with Crippen molar-refractivity contribution >= 4 is 29.3 Å². The molecule has 0 saturated carbocycles. The third kappa shape index (κ3) is 5.27. The Morgan fingerprint density at radius 2 is 2.00 bits per heavy atom. The van der Waals surface area contributed by atoms with Gasteiger partial charge in [0.05, 0.1) is 4.92 Å². The Kier molecular flexibility index (Phi) is 5.98. The van der Waals surface area contributed by atoms with Gasteiger partial charge in [-0.1, -0.05) is 12.1 Å². The number of carbonyl (C=O) groups is 2. The number of carboxylic acid groups (broad SMARTS) is 1. The van der Waals surface area contributed by atoms with Crippen LogP contribution in [0.5, 0.6) is 0 Å². The van der Waals surface area contributed by atoms with Crippen molar-refractivity contribution in [3.05, 3.63) is 39.9 Å². The highest BCUT2D eigenvalue weighted by Crippen LogP contribution is 2.17. The van der Waals surface area contributed by atoms with E-state index in [1.165, 1.54) is 30.8 Å². The Balaban J connectivity index is 2.48. The van der Waals surface area contributed by atoms with Gasteiger partial charge in [0, 0.05) is 30.6 Å². The zero-order valence-corrected chi connectivity index (χ0v) is 11.6. The van der Waals surface area contributed by atoms with Crippen molar-refractivity contribution in [2.45, 2.75) is 18.7 Å². The van der Waals surface area contributed by atoms with E-state index in [1.807, 2.05) is 0 Å². The zero-order chi connectivity index (χ0) is 15.1. The van der Waals surface area contributed by atoms with Crippen molar-refractivity contribution in [3.8, 4) is 0 Å². The number of benzene rings is 1. The number of aliphatic carboxylic acids is 1. The number of rotatable bonds is 7. The largest absolute Gasteiger partial charge is 0.480 e. The van der Waals surface area contributed by atoms with Crippen molar-refractivity contribution in [2.24, 2.45) is 0 Å². The number of non-ortho nitro benzene ring substituents is 1. The zero-order valence-electron chi connectivity index (χ0n) is 10.7. The topological polar surface area (TPSA) is 110 Å². The molecule has 0 spiro atoms. The summed E-state index contributed by atoms with van der Waals surface area (Å²) in [5.41, 5.74) is 0.868. The minimum Gasteiger partial charge on any atom is -0.480 e. The molecule has 0 radical (unpaired) electrons. The number of thioether (sulfide) groups is 1. The maximum atomic E-state index is 10.9. The minimum atomic E-state index is -1.09. The molecule has 20 heavy (non-hydrogen) atoms. The third-order valence-electron chi connectivity index (χ3n) is 2.38. The molecular weight excluding hydrogens is 284 g/mol. The fraction of sp³-hybridized carbons (Fsp3) is 0.333. The average molecular weight is 298 g/mol. The summed E-state index contributed by atoms with van der Waals surface area (Å²) < 4.78 is 0. The lowest BCUT2D eigenvalue weighted by Crippen LogP contribution is -2.41. The first-order valence-electron chi connectivity index (χ1n) is 5.71. The second kappa shape index (κ2) is 7.49. The summed E-state index contributed by atoms with van der Waals surface area (Å²) in [4.78, 5) is 31.7. The summed E-state index contributed by atoms with van der Waals surface area (Å²) in [6.45, 7) is 1.26. The minimum absolute atomic E-state index is 0.0143. The SMILES string of the molecule is CC(=O)N[C@@H](CSCc1ccc([N+](=O)[O-])cc1)C(=O)O. The molecule has 1 aromatic rings. The second-order valence-corrected chi connectivity index (χ2v) is 5.06. The molecule has 7 nitrogen and oxygen atoms in total. The van der Waals surface area contributed by atoms with Crippen molar-refractivity contribution in [2.75, 3.05) is 5.75 Å². The van der Waals surface area contributed by atoms with Crippen LogP contribution in [0.4, 0.5) is 5.69 Å². The van der Waals surface area contributed by atoms with Crippen LogP contribution in [0.3, 0.4) is 0 Å². The molecule has 0 heterocycles. The molecule has 0 saturated heterocycles. The number of nitro benzene ring substituents is 1. The van der Waals surface area contributed by atoms with Gasteiger partial charge in [-0.25, -0.2) is 4.79 Å². The maximum Gasteiger partial charge on any atom is 0.327 e. The van der Waals surface area contributed by atoms with Crippen LogP contribution in [0.2, 0.25) is 0 Å². The summed E-state index contributed by atoms with van der Waals surface area (Å²) >= 11 is 1.33. The van der Waals surface area contributed by atoms with E-state index in [-0.39, 0.29) is 11.4 Å². The molecule has 0 aliphatic heterocycles. The third-order valence-corrected chi connectivity index (χ3v) is 3.48. The molecule has 2 N–H and O–H groups in total. The van der Waals surface area contributed by atoms with Crippen molar-refractivity contribution < 1.29 is 19.6 Å². The number of hydrogen-bond donors (Lipinski definition) is 2. The van der Waals surface area contributed by atoms with E-state index in [2.05, 4.69) is 5.32 Å². The van der Waals surface area contributed by atoms with Gasteiger partial charge >= 0.3 is 5.97 Å². The van der Waals surface area contributed by atoms with Gasteiger partial charge in [-0.2, -0.15) is 11.8 Å². The highest BCUT2D eigenvalue weighted by atomic mass is 32.2. The monoisotopic (exact) mass is 298 g/mol. The molecule has 0 unspecified atom stereocenters. The van der Waals surface area contributed by atoms with E-state index in [1.54, 1.807) is 12.1 Å². The summed E-state index contributed by atoms with van der Waals surface area (Å²) in [7, 11) is 0. The van der Waals surface area contributed by atoms with Gasteiger partial charge < -0.3 is 10.4 Å². The van der Waals surface area contributed by atoms with Gasteiger partial charge in [0.1, 0.15) is 6.04 Å². The first-order chi connectivity index (χ1) is 9.40. The highest BCUT2D eigenvalue weighted by molar-refractivity contribution is 7.98. The molecule has 0 aliphatic rings. The number of hydrogen-bond acceptors (Lipinski definition) is 5. The van der Waals surface area contributed by atoms with Gasteiger partial charge in [0.25, 0.3) is 5.69 Å². The fourth-order valence-electron chi connectivity index (χ4n) is 1.43. The van der Waals surface area contributed by atoms with Crippen LogP contribution < -0.4 is 5.32 Å². The fourth-order valence-corrected chi connectivity index (χ4v) is 2.44. The molecule has 0 aromatic heterocycles. The van der Waals surface area contributed by atoms with Crippen LogP contribution in [-0.2, 0) is 15.3 Å². The molecule has 108 valence electrons. The predicted octanol–water partition coefficient (Wildman–Crippen LogP) is 1.42. The van der Waals surface area contributed by atoms with Crippen LogP contribution in [0.25, 0.3) is 0 Å². The number of amides is 1. The number of nitro groups is 1. The Morgan fingerprint density at radius 3 is 2.45 bits per heavy atom. The average Bonchev–Trinajstić information content (AvgIpc) is 2.37. The molecule has 1 aromatic carbocycles. The standard InChI is InChI=1S/C12H14N2O5S/c1-8(15)13-11(12(16)17)7-20-6-9-2-4-10(5-3-9)14(18)19/h2-5,11H,6-7H2,1H3,(H,13,15)(H,16,17)/t11-/m0/s1. The van der Waals surface area contributed by atoms with E-state index in [9.17, 15) is 19.7 Å². The molecule has 0 aliphatic carbocycles. The summed E-state index contributed by atoms with van der Waals surface area (Å²) in [6.07, 6.45) is 0. The number of nitrogens with zero attached hydrogens (tertiary/aromatic N) is 1. The first-order valence-corrected chi connectivity index (χ1v) is 6.86. The molecule has 1 amide bonds. The summed E-state index contributed by atoms with van der Waals surface area (Å²) in [6, 6.07) is 5.12. The predicted molar refractivity (Wildman–Crippen MR) is 74.5 cm³/mol. The lowest BCUT2D eigenvalue weighted by Gasteiger charge is -2.12. The molecule has 0 bridgehead atoms. The highest BCUT2D eigenvalue weighted by Gasteiger charge is 2.18. The Hall–Kier alpha value is -2.09. The molecule has 1 rings (SSSR count).